The van der Waals surface area contributed by atoms with Gasteiger partial charge in [0.1, 0.15) is 11.4 Å². The first-order valence-corrected chi connectivity index (χ1v) is 9.90. The van der Waals surface area contributed by atoms with Gasteiger partial charge in [-0.05, 0) is 23.8 Å². The zero-order valence-electron chi connectivity index (χ0n) is 16.4. The second-order valence-electron chi connectivity index (χ2n) is 7.48. The Labute approximate surface area is 177 Å². The van der Waals surface area contributed by atoms with Crippen molar-refractivity contribution < 1.29 is 18.7 Å². The Bertz CT molecular complexity index is 1350. The van der Waals surface area contributed by atoms with E-state index in [2.05, 4.69) is 0 Å². The standard InChI is InChI=1S/C25H18FNO4/c26-18-12-6-4-10-16(18)22-21-23(29)17-11-5-7-13-20(17)31-24(21)25(30)27(22)14-19(28)15-8-2-1-3-9-15/h1-13,19,22,28H,14H2/t19-,22+/m0/s1. The molecule has 0 spiro atoms. The largest absolute Gasteiger partial charge is 0.450 e. The molecule has 1 aliphatic rings. The summed E-state index contributed by atoms with van der Waals surface area (Å²) in [6, 6.07) is 20.5. The van der Waals surface area contributed by atoms with Crippen molar-refractivity contribution in [3.8, 4) is 0 Å². The minimum absolute atomic E-state index is 0.0917. The quantitative estimate of drug-likeness (QED) is 0.542. The maximum Gasteiger partial charge on any atom is 0.291 e. The molecule has 3 aromatic carbocycles. The number of carbonyl (C=O) groups is 1. The number of rotatable bonds is 4. The van der Waals surface area contributed by atoms with Gasteiger partial charge in [0.2, 0.25) is 5.76 Å². The fourth-order valence-corrected chi connectivity index (χ4v) is 4.14. The van der Waals surface area contributed by atoms with Crippen LogP contribution in [0.4, 0.5) is 4.39 Å². The molecule has 0 fully saturated rings. The van der Waals surface area contributed by atoms with Crippen LogP contribution in [0.5, 0.6) is 0 Å². The number of β-amino-alcohol motifs (C(OH)–C–C–N with tert-alkyl or cyclic N) is 1. The van der Waals surface area contributed by atoms with E-state index >= 15 is 0 Å². The molecule has 1 aromatic heterocycles. The molecule has 5 nitrogen and oxygen atoms in total. The molecule has 31 heavy (non-hydrogen) atoms. The molecule has 0 saturated carbocycles. The maximum absolute atomic E-state index is 14.8. The summed E-state index contributed by atoms with van der Waals surface area (Å²) in [5.41, 5.74) is 0.794. The van der Waals surface area contributed by atoms with Gasteiger partial charge < -0.3 is 14.4 Å². The summed E-state index contributed by atoms with van der Waals surface area (Å²) in [6.45, 7) is -0.123. The molecule has 0 radical (unpaired) electrons. The molecule has 0 unspecified atom stereocenters. The minimum atomic E-state index is -1.02. The van der Waals surface area contributed by atoms with Crippen molar-refractivity contribution in [2.24, 2.45) is 0 Å². The molecular weight excluding hydrogens is 397 g/mol. The highest BCUT2D eigenvalue weighted by Gasteiger charge is 2.44. The number of carbonyl (C=O) groups excluding carboxylic acids is 1. The highest BCUT2D eigenvalue weighted by Crippen LogP contribution is 2.40. The molecule has 1 N–H and O–H groups in total. The number of hydrogen-bond donors (Lipinski definition) is 1. The van der Waals surface area contributed by atoms with Gasteiger partial charge in [0.15, 0.2) is 5.43 Å². The average Bonchev–Trinajstić information content (AvgIpc) is 3.06. The Balaban J connectivity index is 1.69. The number of aliphatic hydroxyl groups is 1. The molecule has 2 heterocycles. The number of halogens is 1. The third-order valence-electron chi connectivity index (χ3n) is 5.63. The lowest BCUT2D eigenvalue weighted by Crippen LogP contribution is -2.34. The third-order valence-corrected chi connectivity index (χ3v) is 5.63. The number of fused-ring (bicyclic) bond motifs is 2. The van der Waals surface area contributed by atoms with Crippen molar-refractivity contribution in [1.29, 1.82) is 0 Å². The fourth-order valence-electron chi connectivity index (χ4n) is 4.14. The van der Waals surface area contributed by atoms with Crippen LogP contribution in [-0.4, -0.2) is 22.5 Å². The Morgan fingerprint density at radius 2 is 1.61 bits per heavy atom. The lowest BCUT2D eigenvalue weighted by atomic mass is 9.97. The first kappa shape index (κ1) is 19.2. The van der Waals surface area contributed by atoms with Gasteiger partial charge in [0, 0.05) is 5.56 Å². The molecule has 1 amide bonds. The van der Waals surface area contributed by atoms with Crippen molar-refractivity contribution in [3.05, 3.63) is 117 Å². The first-order valence-electron chi connectivity index (χ1n) is 9.90. The molecule has 154 valence electrons. The second-order valence-corrected chi connectivity index (χ2v) is 7.48. The van der Waals surface area contributed by atoms with Crippen LogP contribution in [0.25, 0.3) is 11.0 Å². The SMILES string of the molecule is O=C1c2oc3ccccc3c(=O)c2[C@@H](c2ccccc2F)N1C[C@H](O)c1ccccc1. The van der Waals surface area contributed by atoms with E-state index in [1.54, 1.807) is 66.7 Å². The van der Waals surface area contributed by atoms with E-state index < -0.39 is 23.9 Å². The summed E-state index contributed by atoms with van der Waals surface area (Å²) in [6.07, 6.45) is -1.02. The highest BCUT2D eigenvalue weighted by molar-refractivity contribution is 5.99. The normalized spacial score (nSPS) is 16.5. The van der Waals surface area contributed by atoms with Crippen LogP contribution in [-0.2, 0) is 0 Å². The summed E-state index contributed by atoms with van der Waals surface area (Å²) in [5.74, 6) is -1.21. The molecule has 5 rings (SSSR count). The Hall–Kier alpha value is -3.77. The minimum Gasteiger partial charge on any atom is -0.450 e. The van der Waals surface area contributed by atoms with Gasteiger partial charge >= 0.3 is 0 Å². The molecule has 1 aliphatic heterocycles. The van der Waals surface area contributed by atoms with Gasteiger partial charge in [-0.1, -0.05) is 60.7 Å². The van der Waals surface area contributed by atoms with Crippen LogP contribution in [0.1, 0.15) is 39.4 Å². The Kier molecular flexibility index (Phi) is 4.64. The van der Waals surface area contributed by atoms with E-state index in [0.717, 1.165) is 0 Å². The fraction of sp³-hybridized carbons (Fsp3) is 0.120. The predicted octanol–water partition coefficient (Wildman–Crippen LogP) is 4.21. The number of nitrogens with zero attached hydrogens (tertiary/aromatic N) is 1. The number of benzene rings is 3. The van der Waals surface area contributed by atoms with E-state index in [1.807, 2.05) is 6.07 Å². The second kappa shape index (κ2) is 7.49. The molecule has 2 atom stereocenters. The number of amides is 1. The van der Waals surface area contributed by atoms with Gasteiger partial charge in [-0.3, -0.25) is 9.59 Å². The third kappa shape index (κ3) is 3.12. The van der Waals surface area contributed by atoms with E-state index in [1.165, 1.54) is 11.0 Å². The van der Waals surface area contributed by atoms with Gasteiger partial charge in [0.25, 0.3) is 5.91 Å². The Morgan fingerprint density at radius 1 is 0.935 bits per heavy atom. The molecular formula is C25H18FNO4. The van der Waals surface area contributed by atoms with Crippen molar-refractivity contribution >= 4 is 16.9 Å². The van der Waals surface area contributed by atoms with Crippen LogP contribution in [0.3, 0.4) is 0 Å². The van der Waals surface area contributed by atoms with Crippen molar-refractivity contribution in [1.82, 2.24) is 4.90 Å². The van der Waals surface area contributed by atoms with E-state index in [-0.39, 0.29) is 34.4 Å². The molecule has 4 aromatic rings. The topological polar surface area (TPSA) is 70.8 Å². The van der Waals surface area contributed by atoms with Crippen molar-refractivity contribution in [2.75, 3.05) is 6.54 Å². The Morgan fingerprint density at radius 3 is 2.39 bits per heavy atom. The van der Waals surface area contributed by atoms with Crippen LogP contribution < -0.4 is 5.43 Å². The summed E-state index contributed by atoms with van der Waals surface area (Å²) < 4.78 is 20.6. The van der Waals surface area contributed by atoms with Crippen molar-refractivity contribution in [3.63, 3.8) is 0 Å². The predicted molar refractivity (Wildman–Crippen MR) is 113 cm³/mol. The monoisotopic (exact) mass is 415 g/mol. The van der Waals surface area contributed by atoms with Gasteiger partial charge in [-0.2, -0.15) is 0 Å². The summed E-state index contributed by atoms with van der Waals surface area (Å²) in [4.78, 5) is 28.0. The lowest BCUT2D eigenvalue weighted by molar-refractivity contribution is 0.0580. The zero-order valence-corrected chi connectivity index (χ0v) is 16.4. The smallest absolute Gasteiger partial charge is 0.291 e. The van der Waals surface area contributed by atoms with Crippen molar-refractivity contribution in [2.45, 2.75) is 12.1 Å². The van der Waals surface area contributed by atoms with Gasteiger partial charge in [-0.25, -0.2) is 4.39 Å². The molecule has 0 bridgehead atoms. The van der Waals surface area contributed by atoms with Crippen LogP contribution in [0.2, 0.25) is 0 Å². The van der Waals surface area contributed by atoms with E-state index in [4.69, 9.17) is 4.42 Å². The van der Waals surface area contributed by atoms with Gasteiger partial charge in [0.05, 0.1) is 29.6 Å². The number of hydrogen-bond acceptors (Lipinski definition) is 4. The van der Waals surface area contributed by atoms with Gasteiger partial charge in [-0.15, -0.1) is 0 Å². The van der Waals surface area contributed by atoms with E-state index in [9.17, 15) is 19.1 Å². The maximum atomic E-state index is 14.8. The van der Waals surface area contributed by atoms with E-state index in [0.29, 0.717) is 10.9 Å². The lowest BCUT2D eigenvalue weighted by Gasteiger charge is -2.27. The molecule has 6 heteroatoms. The number of para-hydroxylation sites is 1. The molecule has 0 aliphatic carbocycles. The summed E-state index contributed by atoms with van der Waals surface area (Å²) in [5, 5.41) is 11.1. The van der Waals surface area contributed by atoms with Crippen LogP contribution in [0, 0.1) is 5.82 Å². The summed E-state index contributed by atoms with van der Waals surface area (Å²) in [7, 11) is 0. The number of aliphatic hydroxyl groups excluding tert-OH is 1. The zero-order chi connectivity index (χ0) is 21.5. The average molecular weight is 415 g/mol. The summed E-state index contributed by atoms with van der Waals surface area (Å²) >= 11 is 0. The van der Waals surface area contributed by atoms with Crippen LogP contribution in [0.15, 0.2) is 88.1 Å². The highest BCUT2D eigenvalue weighted by atomic mass is 19.1. The molecule has 0 saturated heterocycles. The van der Waals surface area contributed by atoms with Crippen LogP contribution >= 0.6 is 0 Å². The first-order chi connectivity index (χ1) is 15.1.